The summed E-state index contributed by atoms with van der Waals surface area (Å²) in [5.74, 6) is -3.20. The van der Waals surface area contributed by atoms with Gasteiger partial charge in [-0.05, 0) is 30.2 Å². The van der Waals surface area contributed by atoms with Crippen LogP contribution >= 0.6 is 0 Å². The van der Waals surface area contributed by atoms with Crippen LogP contribution in [-0.4, -0.2) is 45.9 Å². The first-order chi connectivity index (χ1) is 14.4. The summed E-state index contributed by atoms with van der Waals surface area (Å²) in [6.07, 6.45) is 2.60. The second kappa shape index (κ2) is 7.51. The Morgan fingerprint density at radius 2 is 1.90 bits per heavy atom. The van der Waals surface area contributed by atoms with E-state index in [1.807, 2.05) is 30.3 Å². The Balaban J connectivity index is 1.70. The van der Waals surface area contributed by atoms with Gasteiger partial charge >= 0.3 is 5.97 Å². The summed E-state index contributed by atoms with van der Waals surface area (Å²) in [6.45, 7) is 2.20. The van der Waals surface area contributed by atoms with Crippen molar-refractivity contribution >= 4 is 40.5 Å². The first-order valence-corrected chi connectivity index (χ1v) is 9.40. The van der Waals surface area contributed by atoms with E-state index in [1.165, 1.54) is 6.20 Å². The molecule has 4 rings (SSSR count). The fourth-order valence-corrected chi connectivity index (χ4v) is 3.65. The van der Waals surface area contributed by atoms with Gasteiger partial charge in [-0.25, -0.2) is 0 Å². The average Bonchev–Trinajstić information content (AvgIpc) is 2.73. The molecule has 7 nitrogen and oxygen atoms in total. The maximum Gasteiger partial charge on any atom is 0.319 e. The highest BCUT2D eigenvalue weighted by Gasteiger charge is 2.33. The Bertz CT molecular complexity index is 1220. The van der Waals surface area contributed by atoms with E-state index < -0.39 is 17.7 Å². The number of hydrogen-bond donors (Lipinski definition) is 1. The van der Waals surface area contributed by atoms with Crippen molar-refractivity contribution in [1.29, 1.82) is 0 Å². The molecule has 1 aliphatic rings. The minimum Gasteiger partial charge on any atom is -0.480 e. The monoisotopic (exact) mass is 401 g/mol. The topological polar surface area (TPSA) is 99.9 Å². The Kier molecular flexibility index (Phi) is 4.87. The molecule has 1 amide bonds. The zero-order chi connectivity index (χ0) is 21.4. The Labute approximate surface area is 172 Å². The lowest BCUT2D eigenvalue weighted by Crippen LogP contribution is -2.28. The number of aliphatic imine (C=N–C) groups is 1. The van der Waals surface area contributed by atoms with Crippen LogP contribution in [0, 0.1) is 12.8 Å². The molecule has 0 radical (unpaired) electrons. The van der Waals surface area contributed by atoms with Crippen molar-refractivity contribution in [3.05, 3.63) is 70.9 Å². The van der Waals surface area contributed by atoms with Crippen LogP contribution in [0.25, 0.3) is 10.9 Å². The third kappa shape index (κ3) is 3.34. The summed E-state index contributed by atoms with van der Waals surface area (Å²) in [5, 5.41) is 9.89. The van der Waals surface area contributed by atoms with Crippen molar-refractivity contribution in [2.45, 2.75) is 13.5 Å². The predicted octanol–water partition coefficient (Wildman–Crippen LogP) is 3.41. The van der Waals surface area contributed by atoms with Crippen molar-refractivity contribution in [2.24, 2.45) is 10.9 Å². The number of amides is 1. The van der Waals surface area contributed by atoms with Crippen LogP contribution < -0.4 is 0 Å². The normalized spacial score (nSPS) is 15.1. The van der Waals surface area contributed by atoms with Gasteiger partial charge in [-0.15, -0.1) is 0 Å². The number of aliphatic carboxylic acids is 1. The number of carboxylic acids is 1. The second-order valence-corrected chi connectivity index (χ2v) is 7.32. The van der Waals surface area contributed by atoms with Crippen LogP contribution in [0.1, 0.15) is 31.8 Å². The van der Waals surface area contributed by atoms with Gasteiger partial charge in [0.1, 0.15) is 0 Å². The largest absolute Gasteiger partial charge is 0.480 e. The summed E-state index contributed by atoms with van der Waals surface area (Å²) in [5.41, 5.74) is 3.14. The number of carboxylic acid groups (broad SMARTS) is 1. The van der Waals surface area contributed by atoms with Gasteiger partial charge in [-0.3, -0.25) is 24.4 Å². The average molecular weight is 401 g/mol. The van der Waals surface area contributed by atoms with E-state index in [2.05, 4.69) is 9.98 Å². The summed E-state index contributed by atoms with van der Waals surface area (Å²) in [4.78, 5) is 47.0. The lowest BCUT2D eigenvalue weighted by Gasteiger charge is -2.19. The maximum atomic E-state index is 12.9. The first-order valence-electron chi connectivity index (χ1n) is 9.40. The van der Waals surface area contributed by atoms with Crippen molar-refractivity contribution < 1.29 is 19.5 Å². The van der Waals surface area contributed by atoms with Crippen molar-refractivity contribution in [1.82, 2.24) is 9.88 Å². The molecular formula is C23H19N3O4. The highest BCUT2D eigenvalue weighted by Crippen LogP contribution is 2.36. The van der Waals surface area contributed by atoms with Crippen LogP contribution in [-0.2, 0) is 11.3 Å². The van der Waals surface area contributed by atoms with Gasteiger partial charge in [0.25, 0.3) is 5.91 Å². The summed E-state index contributed by atoms with van der Waals surface area (Å²) in [7, 11) is 1.73. The van der Waals surface area contributed by atoms with E-state index in [-0.39, 0.29) is 11.5 Å². The van der Waals surface area contributed by atoms with Gasteiger partial charge < -0.3 is 10.0 Å². The minimum absolute atomic E-state index is 0.172. The zero-order valence-electron chi connectivity index (χ0n) is 16.5. The van der Waals surface area contributed by atoms with Crippen LogP contribution in [0.3, 0.4) is 0 Å². The van der Waals surface area contributed by atoms with Gasteiger partial charge in [0, 0.05) is 37.0 Å². The number of carbonyl (C=O) groups excluding carboxylic acids is 2. The van der Waals surface area contributed by atoms with Crippen LogP contribution in [0.5, 0.6) is 0 Å². The van der Waals surface area contributed by atoms with E-state index in [0.717, 1.165) is 11.8 Å². The van der Waals surface area contributed by atoms with Crippen LogP contribution in [0.15, 0.2) is 53.7 Å². The van der Waals surface area contributed by atoms with E-state index in [9.17, 15) is 19.5 Å². The summed E-state index contributed by atoms with van der Waals surface area (Å²) in [6, 6.07) is 13.2. The number of benzene rings is 2. The molecule has 0 aliphatic carbocycles. The highest BCUT2D eigenvalue weighted by atomic mass is 16.4. The maximum absolute atomic E-state index is 12.9. The molecule has 1 aromatic heterocycles. The number of fused-ring (bicyclic) bond motifs is 3. The molecule has 1 N–H and O–H groups in total. The molecule has 1 atom stereocenters. The second-order valence-electron chi connectivity index (χ2n) is 7.32. The third-order valence-electron chi connectivity index (χ3n) is 5.15. The molecule has 3 aromatic rings. The molecular weight excluding hydrogens is 382 g/mol. The minimum atomic E-state index is -1.29. The number of carbonyl (C=O) groups is 3. The first kappa shape index (κ1) is 19.4. The van der Waals surface area contributed by atoms with E-state index in [1.54, 1.807) is 31.0 Å². The van der Waals surface area contributed by atoms with E-state index in [0.29, 0.717) is 34.3 Å². The Hall–Kier alpha value is -3.87. The molecule has 1 aliphatic heterocycles. The van der Waals surface area contributed by atoms with Gasteiger partial charge in [-0.1, -0.05) is 30.3 Å². The van der Waals surface area contributed by atoms with Crippen LogP contribution in [0.4, 0.5) is 5.69 Å². The number of aryl methyl sites for hydroxylation is 1. The summed E-state index contributed by atoms with van der Waals surface area (Å²) >= 11 is 0. The lowest BCUT2D eigenvalue weighted by molar-refractivity contribution is -0.137. The summed E-state index contributed by atoms with van der Waals surface area (Å²) < 4.78 is 0. The molecule has 2 heterocycles. The highest BCUT2D eigenvalue weighted by molar-refractivity contribution is 6.24. The van der Waals surface area contributed by atoms with Crippen molar-refractivity contribution in [3.63, 3.8) is 0 Å². The third-order valence-corrected chi connectivity index (χ3v) is 5.15. The molecule has 7 heteroatoms. The van der Waals surface area contributed by atoms with Gasteiger partial charge in [0.2, 0.25) is 0 Å². The molecule has 0 bridgehead atoms. The predicted molar refractivity (Wildman–Crippen MR) is 112 cm³/mol. The number of hydrogen-bond acceptors (Lipinski definition) is 5. The number of aromatic nitrogens is 1. The standard InChI is InChI=1S/C23H19N3O4/c1-13-8-15-9-16(22(28)26(2)12-14-6-4-3-5-7-14)10-24-19(15)20-18(13)21(27)17(11-25-20)23(29)30/h3-11,17H,12H2,1-2H3,(H,29,30). The fraction of sp³-hybridized carbons (Fsp3) is 0.174. The Morgan fingerprint density at radius 3 is 2.60 bits per heavy atom. The number of pyridine rings is 1. The van der Waals surface area contributed by atoms with E-state index in [4.69, 9.17) is 0 Å². The van der Waals surface area contributed by atoms with Gasteiger partial charge in [-0.2, -0.15) is 0 Å². The molecule has 0 fully saturated rings. The quantitative estimate of drug-likeness (QED) is 0.675. The van der Waals surface area contributed by atoms with Crippen LogP contribution in [0.2, 0.25) is 0 Å². The molecule has 0 saturated heterocycles. The zero-order valence-corrected chi connectivity index (χ0v) is 16.5. The van der Waals surface area contributed by atoms with Crippen molar-refractivity contribution in [2.75, 3.05) is 7.05 Å². The number of rotatable bonds is 4. The number of ketones is 1. The molecule has 150 valence electrons. The molecule has 1 unspecified atom stereocenters. The molecule has 0 spiro atoms. The Morgan fingerprint density at radius 1 is 1.17 bits per heavy atom. The number of Topliss-reactive ketones (excluding diaryl/α,β-unsaturated/α-hetero) is 1. The fourth-order valence-electron chi connectivity index (χ4n) is 3.65. The smallest absolute Gasteiger partial charge is 0.319 e. The lowest BCUT2D eigenvalue weighted by atomic mass is 9.90. The molecule has 2 aromatic carbocycles. The number of nitrogens with zero attached hydrogens (tertiary/aromatic N) is 3. The van der Waals surface area contributed by atoms with Crippen molar-refractivity contribution in [3.8, 4) is 0 Å². The molecule has 0 saturated carbocycles. The van der Waals surface area contributed by atoms with E-state index >= 15 is 0 Å². The molecule has 30 heavy (non-hydrogen) atoms. The SMILES string of the molecule is Cc1cc2cc(C(=O)N(C)Cc3ccccc3)cnc2c2c1C(=O)C(C(=O)O)C=N2. The van der Waals surface area contributed by atoms with Gasteiger partial charge in [0.15, 0.2) is 11.7 Å². The van der Waals surface area contributed by atoms with Gasteiger partial charge in [0.05, 0.1) is 16.8 Å².